The van der Waals surface area contributed by atoms with Crippen molar-refractivity contribution in [2.24, 2.45) is 0 Å². The van der Waals surface area contributed by atoms with Crippen molar-refractivity contribution in [3.8, 4) is 0 Å². The lowest BCUT2D eigenvalue weighted by Crippen LogP contribution is -2.30. The standard InChI is InChI=1S/C53H90O5/c1-4-7-10-13-16-19-21-23-25-26-27-29-31-33-36-39-42-45-48-56-49-51(58-53(55)47-44-41-38-34-18-15-12-9-6-3)50-57-52(54)46-43-40-37-35-32-30-28-24-22-20-17-14-11-8-5-2/h7,10,16-17,19-20,23-25,27-29,33,36,51H,4-6,8-9,11-15,18,21-22,26,30-32,34-35,37-50H2,1-3H3/b10-7-,19-16-,20-17-,25-23-,28-24-,29-27-,36-33-. The number of rotatable bonds is 43. The fourth-order valence-electron chi connectivity index (χ4n) is 6.33. The first-order chi connectivity index (χ1) is 28.6. The number of hydrogen-bond acceptors (Lipinski definition) is 5. The molecule has 0 radical (unpaired) electrons. The molecular weight excluding hydrogens is 717 g/mol. The highest BCUT2D eigenvalue weighted by molar-refractivity contribution is 5.70. The van der Waals surface area contributed by atoms with E-state index in [2.05, 4.69) is 106 Å². The molecule has 0 aliphatic heterocycles. The minimum atomic E-state index is -0.564. The Labute approximate surface area is 359 Å². The van der Waals surface area contributed by atoms with Gasteiger partial charge in [0.15, 0.2) is 6.10 Å². The van der Waals surface area contributed by atoms with E-state index in [0.29, 0.717) is 19.4 Å². The van der Waals surface area contributed by atoms with Gasteiger partial charge >= 0.3 is 11.9 Å². The van der Waals surface area contributed by atoms with Gasteiger partial charge in [-0.3, -0.25) is 9.59 Å². The Kier molecular flexibility index (Phi) is 46.0. The Balaban J connectivity index is 4.32. The zero-order chi connectivity index (χ0) is 42.1. The SMILES string of the molecule is CC/C=C\C/C=C\C/C=C\C/C=C\C/C=C\CCCCOCC(COC(=O)CCCCCCC/C=C\C/C=C\CCCCC)OC(=O)CCCCCCCCCCC. The van der Waals surface area contributed by atoms with E-state index < -0.39 is 6.10 Å². The summed E-state index contributed by atoms with van der Waals surface area (Å²) < 4.78 is 17.3. The number of esters is 2. The quantitative estimate of drug-likeness (QED) is 0.0349. The number of ether oxygens (including phenoxy) is 3. The van der Waals surface area contributed by atoms with E-state index in [4.69, 9.17) is 14.2 Å². The first-order valence-corrected chi connectivity index (χ1v) is 24.1. The number of carbonyl (C=O) groups is 2. The molecule has 332 valence electrons. The number of unbranched alkanes of at least 4 members (excludes halogenated alkanes) is 18. The van der Waals surface area contributed by atoms with Crippen LogP contribution in [0, 0.1) is 0 Å². The summed E-state index contributed by atoms with van der Waals surface area (Å²) in [6.45, 7) is 7.55. The molecule has 0 saturated carbocycles. The normalized spacial score (nSPS) is 12.9. The van der Waals surface area contributed by atoms with Gasteiger partial charge in [0.1, 0.15) is 6.61 Å². The molecule has 1 unspecified atom stereocenters. The van der Waals surface area contributed by atoms with Crippen LogP contribution >= 0.6 is 0 Å². The molecule has 5 heteroatoms. The van der Waals surface area contributed by atoms with Gasteiger partial charge in [0.05, 0.1) is 6.61 Å². The second-order valence-electron chi connectivity index (χ2n) is 15.6. The summed E-state index contributed by atoms with van der Waals surface area (Å²) in [6.07, 6.45) is 63.0. The first-order valence-electron chi connectivity index (χ1n) is 24.1. The van der Waals surface area contributed by atoms with Crippen LogP contribution in [-0.4, -0.2) is 37.9 Å². The molecule has 5 nitrogen and oxygen atoms in total. The van der Waals surface area contributed by atoms with E-state index in [9.17, 15) is 9.59 Å². The molecule has 0 aliphatic carbocycles. The van der Waals surface area contributed by atoms with Gasteiger partial charge in [-0.2, -0.15) is 0 Å². The molecular formula is C53H90O5. The molecule has 0 bridgehead atoms. The van der Waals surface area contributed by atoms with Crippen LogP contribution in [0.2, 0.25) is 0 Å². The van der Waals surface area contributed by atoms with Crippen molar-refractivity contribution in [1.29, 1.82) is 0 Å². The van der Waals surface area contributed by atoms with Gasteiger partial charge in [-0.05, 0) is 96.3 Å². The van der Waals surface area contributed by atoms with Crippen LogP contribution < -0.4 is 0 Å². The lowest BCUT2D eigenvalue weighted by molar-refractivity contribution is -0.163. The van der Waals surface area contributed by atoms with Crippen molar-refractivity contribution in [3.05, 3.63) is 85.1 Å². The lowest BCUT2D eigenvalue weighted by atomic mass is 10.1. The Bertz CT molecular complexity index is 1090. The number of allylic oxidation sites excluding steroid dienone is 14. The van der Waals surface area contributed by atoms with Gasteiger partial charge in [0.2, 0.25) is 0 Å². The summed E-state index contributed by atoms with van der Waals surface area (Å²) in [7, 11) is 0. The monoisotopic (exact) mass is 807 g/mol. The summed E-state index contributed by atoms with van der Waals surface area (Å²) in [6, 6.07) is 0. The highest BCUT2D eigenvalue weighted by Gasteiger charge is 2.17. The average molecular weight is 807 g/mol. The first kappa shape index (κ1) is 55.1. The van der Waals surface area contributed by atoms with Crippen molar-refractivity contribution in [1.82, 2.24) is 0 Å². The molecule has 58 heavy (non-hydrogen) atoms. The van der Waals surface area contributed by atoms with E-state index in [1.165, 1.54) is 77.0 Å². The highest BCUT2D eigenvalue weighted by Crippen LogP contribution is 2.13. The fraction of sp³-hybridized carbons (Fsp3) is 0.698. The van der Waals surface area contributed by atoms with Gasteiger partial charge in [0.25, 0.3) is 0 Å². The van der Waals surface area contributed by atoms with E-state index in [1.807, 2.05) is 0 Å². The summed E-state index contributed by atoms with van der Waals surface area (Å²) in [5.74, 6) is -0.442. The largest absolute Gasteiger partial charge is 0.462 e. The van der Waals surface area contributed by atoms with Crippen LogP contribution in [0.3, 0.4) is 0 Å². The zero-order valence-electron chi connectivity index (χ0n) is 38.0. The predicted octanol–water partition coefficient (Wildman–Crippen LogP) is 16.1. The Morgan fingerprint density at radius 3 is 1.28 bits per heavy atom. The summed E-state index contributed by atoms with van der Waals surface area (Å²) >= 11 is 0. The summed E-state index contributed by atoms with van der Waals surface area (Å²) in [5, 5.41) is 0. The molecule has 0 N–H and O–H groups in total. The fourth-order valence-corrected chi connectivity index (χ4v) is 6.33. The van der Waals surface area contributed by atoms with E-state index in [0.717, 1.165) is 103 Å². The van der Waals surface area contributed by atoms with Crippen LogP contribution in [0.4, 0.5) is 0 Å². The molecule has 0 rings (SSSR count). The minimum Gasteiger partial charge on any atom is -0.462 e. The maximum atomic E-state index is 12.7. The smallest absolute Gasteiger partial charge is 0.306 e. The Morgan fingerprint density at radius 1 is 0.397 bits per heavy atom. The Hall–Kier alpha value is -2.92. The third-order valence-electron chi connectivity index (χ3n) is 9.92. The zero-order valence-corrected chi connectivity index (χ0v) is 38.0. The second-order valence-corrected chi connectivity index (χ2v) is 15.6. The van der Waals surface area contributed by atoms with Crippen molar-refractivity contribution in [3.63, 3.8) is 0 Å². The van der Waals surface area contributed by atoms with E-state index >= 15 is 0 Å². The Morgan fingerprint density at radius 2 is 0.776 bits per heavy atom. The van der Waals surface area contributed by atoms with Crippen LogP contribution in [-0.2, 0) is 23.8 Å². The van der Waals surface area contributed by atoms with E-state index in [-0.39, 0.29) is 25.2 Å². The van der Waals surface area contributed by atoms with Crippen molar-refractivity contribution < 1.29 is 23.8 Å². The molecule has 0 aliphatic rings. The maximum absolute atomic E-state index is 12.7. The van der Waals surface area contributed by atoms with Crippen molar-refractivity contribution in [2.45, 2.75) is 219 Å². The van der Waals surface area contributed by atoms with E-state index in [1.54, 1.807) is 0 Å². The molecule has 0 saturated heterocycles. The van der Waals surface area contributed by atoms with Gasteiger partial charge in [-0.1, -0.05) is 189 Å². The molecule has 0 spiro atoms. The molecule has 0 amide bonds. The summed E-state index contributed by atoms with van der Waals surface area (Å²) in [4.78, 5) is 25.2. The van der Waals surface area contributed by atoms with Crippen molar-refractivity contribution >= 4 is 11.9 Å². The number of carbonyl (C=O) groups excluding carboxylic acids is 2. The van der Waals surface area contributed by atoms with Crippen LogP contribution in [0.25, 0.3) is 0 Å². The molecule has 0 aromatic carbocycles. The molecule has 0 aromatic heterocycles. The molecule has 0 heterocycles. The van der Waals surface area contributed by atoms with Crippen LogP contribution in [0.1, 0.15) is 213 Å². The van der Waals surface area contributed by atoms with Gasteiger partial charge in [0, 0.05) is 19.4 Å². The van der Waals surface area contributed by atoms with Gasteiger partial charge in [-0.25, -0.2) is 0 Å². The topological polar surface area (TPSA) is 61.8 Å². The predicted molar refractivity (Wildman–Crippen MR) is 251 cm³/mol. The maximum Gasteiger partial charge on any atom is 0.306 e. The third-order valence-corrected chi connectivity index (χ3v) is 9.92. The summed E-state index contributed by atoms with van der Waals surface area (Å²) in [5.41, 5.74) is 0. The van der Waals surface area contributed by atoms with Crippen molar-refractivity contribution in [2.75, 3.05) is 19.8 Å². The minimum absolute atomic E-state index is 0.0582. The average Bonchev–Trinajstić information content (AvgIpc) is 3.22. The van der Waals surface area contributed by atoms with Gasteiger partial charge in [-0.15, -0.1) is 0 Å². The molecule has 1 atom stereocenters. The van der Waals surface area contributed by atoms with Gasteiger partial charge < -0.3 is 14.2 Å². The van der Waals surface area contributed by atoms with Crippen LogP contribution in [0.5, 0.6) is 0 Å². The second kappa shape index (κ2) is 48.4. The molecule has 0 aromatic rings. The van der Waals surface area contributed by atoms with Crippen LogP contribution in [0.15, 0.2) is 85.1 Å². The third kappa shape index (κ3) is 45.8. The highest BCUT2D eigenvalue weighted by atomic mass is 16.6. The number of hydrogen-bond donors (Lipinski definition) is 0. The lowest BCUT2D eigenvalue weighted by Gasteiger charge is -2.18. The molecule has 0 fully saturated rings.